The van der Waals surface area contributed by atoms with Crippen LogP contribution >= 0.6 is 0 Å². The molecule has 0 fully saturated rings. The highest BCUT2D eigenvalue weighted by Crippen LogP contribution is 2.46. The maximum atomic E-state index is 5.07. The molecule has 0 radical (unpaired) electrons. The van der Waals surface area contributed by atoms with Gasteiger partial charge in [-0.25, -0.2) is 15.0 Å². The largest absolute Gasteiger partial charge is 0.309 e. The first-order valence-electron chi connectivity index (χ1n) is 17.5. The topological polar surface area (TPSA) is 48.5 Å². The summed E-state index contributed by atoms with van der Waals surface area (Å²) in [5.41, 5.74) is 9.75. The lowest BCUT2D eigenvalue weighted by atomic mass is 9.99. The summed E-state index contributed by atoms with van der Waals surface area (Å²) in [4.78, 5) is 15.1. The quantitative estimate of drug-likeness (QED) is 0.172. The third kappa shape index (κ3) is 4.26. The van der Waals surface area contributed by atoms with Crippen LogP contribution in [0.4, 0.5) is 0 Å². The smallest absolute Gasteiger partial charge is 0.164 e. The second-order valence-corrected chi connectivity index (χ2v) is 13.3. The normalized spacial score (nSPS) is 11.8. The number of benzene rings is 8. The highest BCUT2D eigenvalue weighted by atomic mass is 15.0. The lowest BCUT2D eigenvalue weighted by Gasteiger charge is -2.12. The van der Waals surface area contributed by atoms with Gasteiger partial charge in [-0.2, -0.15) is 0 Å². The van der Waals surface area contributed by atoms with E-state index in [2.05, 4.69) is 124 Å². The van der Waals surface area contributed by atoms with Gasteiger partial charge in [-0.3, -0.25) is 0 Å². The molecule has 0 saturated heterocycles. The summed E-state index contributed by atoms with van der Waals surface area (Å²) in [6.45, 7) is 0. The van der Waals surface area contributed by atoms with Gasteiger partial charge >= 0.3 is 0 Å². The van der Waals surface area contributed by atoms with Crippen molar-refractivity contribution in [2.24, 2.45) is 0 Å². The fourth-order valence-corrected chi connectivity index (χ4v) is 8.04. The van der Waals surface area contributed by atoms with Gasteiger partial charge in [0.2, 0.25) is 0 Å². The molecule has 5 heteroatoms. The third-order valence-corrected chi connectivity index (χ3v) is 10.3. The van der Waals surface area contributed by atoms with Crippen molar-refractivity contribution in [3.05, 3.63) is 176 Å². The molecule has 0 unspecified atom stereocenters. The second-order valence-electron chi connectivity index (χ2n) is 13.3. The van der Waals surface area contributed by atoms with E-state index < -0.39 is 0 Å². The van der Waals surface area contributed by atoms with Crippen LogP contribution in [-0.2, 0) is 0 Å². The number of hydrogen-bond acceptors (Lipinski definition) is 3. The summed E-state index contributed by atoms with van der Waals surface area (Å²) in [7, 11) is 0. The zero-order chi connectivity index (χ0) is 34.2. The van der Waals surface area contributed by atoms with Crippen molar-refractivity contribution in [3.63, 3.8) is 0 Å². The molecule has 5 nitrogen and oxygen atoms in total. The van der Waals surface area contributed by atoms with Crippen LogP contribution in [-0.4, -0.2) is 24.1 Å². The van der Waals surface area contributed by atoms with Crippen molar-refractivity contribution >= 4 is 54.4 Å². The van der Waals surface area contributed by atoms with Gasteiger partial charge in [0, 0.05) is 49.6 Å². The fourth-order valence-electron chi connectivity index (χ4n) is 8.04. The van der Waals surface area contributed by atoms with Gasteiger partial charge in [0.05, 0.1) is 22.1 Å². The Labute approximate surface area is 299 Å². The lowest BCUT2D eigenvalue weighted by Crippen LogP contribution is -2.01. The molecule has 0 atom stereocenters. The van der Waals surface area contributed by atoms with Crippen LogP contribution in [0.3, 0.4) is 0 Å². The number of rotatable bonds is 5. The Kier molecular flexibility index (Phi) is 6.18. The van der Waals surface area contributed by atoms with E-state index in [1.54, 1.807) is 0 Å². The average molecular weight is 664 g/mol. The van der Waals surface area contributed by atoms with Gasteiger partial charge in [-0.05, 0) is 53.2 Å². The minimum atomic E-state index is 0.633. The number of aromatic nitrogens is 5. The molecule has 0 spiro atoms. The molecule has 11 aromatic rings. The highest BCUT2D eigenvalue weighted by Gasteiger charge is 2.24. The van der Waals surface area contributed by atoms with Crippen LogP contribution in [0.1, 0.15) is 0 Å². The summed E-state index contributed by atoms with van der Waals surface area (Å²) >= 11 is 0. The zero-order valence-electron chi connectivity index (χ0n) is 28.0. The van der Waals surface area contributed by atoms with E-state index in [0.29, 0.717) is 17.5 Å². The molecule has 0 aliphatic heterocycles. The molecule has 0 bridgehead atoms. The van der Waals surface area contributed by atoms with Crippen LogP contribution in [0.5, 0.6) is 0 Å². The molecule has 0 aliphatic carbocycles. The van der Waals surface area contributed by atoms with Crippen molar-refractivity contribution in [1.82, 2.24) is 24.1 Å². The Morgan fingerprint density at radius 1 is 0.327 bits per heavy atom. The molecular weight excluding hydrogens is 635 g/mol. The highest BCUT2D eigenvalue weighted by molar-refractivity contribution is 6.33. The van der Waals surface area contributed by atoms with Crippen molar-refractivity contribution in [2.45, 2.75) is 0 Å². The molecule has 11 rings (SSSR count). The molecule has 242 valence electrons. The first-order chi connectivity index (χ1) is 25.8. The van der Waals surface area contributed by atoms with Gasteiger partial charge in [-0.15, -0.1) is 0 Å². The van der Waals surface area contributed by atoms with Crippen LogP contribution in [0.2, 0.25) is 0 Å². The fraction of sp³-hybridized carbons (Fsp3) is 0. The molecule has 0 amide bonds. The molecule has 52 heavy (non-hydrogen) atoms. The van der Waals surface area contributed by atoms with Crippen LogP contribution < -0.4 is 0 Å². The number of nitrogens with zero attached hydrogens (tertiary/aromatic N) is 5. The molecule has 0 saturated carbocycles. The predicted octanol–water partition coefficient (Wildman–Crippen LogP) is 11.7. The lowest BCUT2D eigenvalue weighted by molar-refractivity contribution is 1.07. The molecular formula is C47H29N5. The van der Waals surface area contributed by atoms with Gasteiger partial charge < -0.3 is 9.13 Å². The van der Waals surface area contributed by atoms with Crippen molar-refractivity contribution < 1.29 is 0 Å². The van der Waals surface area contributed by atoms with Crippen LogP contribution in [0, 0.1) is 0 Å². The number of para-hydroxylation sites is 2. The summed E-state index contributed by atoms with van der Waals surface area (Å²) in [5, 5.41) is 7.46. The van der Waals surface area contributed by atoms with E-state index in [4.69, 9.17) is 15.0 Å². The third-order valence-electron chi connectivity index (χ3n) is 10.3. The Morgan fingerprint density at radius 2 is 0.885 bits per heavy atom. The van der Waals surface area contributed by atoms with Crippen molar-refractivity contribution in [3.8, 4) is 45.5 Å². The standard InChI is InChI=1S/C47H29N5/c1-4-14-31(15-5-1)45-48-46(32-16-6-2-7-17-32)50-47(49-45)34-19-12-22-36(28-34)52-39-25-13-18-30-26-27-33-29-40-43(44(52)42(33)41(30)39)37-23-10-11-24-38(37)51(40)35-20-8-3-9-21-35/h1-29H. The molecule has 3 aromatic heterocycles. The maximum Gasteiger partial charge on any atom is 0.164 e. The Morgan fingerprint density at radius 3 is 1.62 bits per heavy atom. The van der Waals surface area contributed by atoms with Crippen molar-refractivity contribution in [1.29, 1.82) is 0 Å². The van der Waals surface area contributed by atoms with E-state index in [1.807, 2.05) is 60.7 Å². The van der Waals surface area contributed by atoms with Crippen LogP contribution in [0.15, 0.2) is 176 Å². The summed E-state index contributed by atoms with van der Waals surface area (Å²) < 4.78 is 4.86. The summed E-state index contributed by atoms with van der Waals surface area (Å²) in [6, 6.07) is 61.9. The molecule has 0 aliphatic rings. The monoisotopic (exact) mass is 663 g/mol. The zero-order valence-corrected chi connectivity index (χ0v) is 28.0. The Hall–Kier alpha value is -7.11. The van der Waals surface area contributed by atoms with Gasteiger partial charge in [0.25, 0.3) is 0 Å². The summed E-state index contributed by atoms with van der Waals surface area (Å²) in [5.74, 6) is 1.93. The minimum absolute atomic E-state index is 0.633. The Bertz CT molecular complexity index is 3050. The molecule has 0 N–H and O–H groups in total. The number of fused-ring (bicyclic) bond motifs is 4. The van der Waals surface area contributed by atoms with Gasteiger partial charge in [-0.1, -0.05) is 133 Å². The first kappa shape index (κ1) is 28.7. The van der Waals surface area contributed by atoms with E-state index in [1.165, 1.54) is 54.4 Å². The number of hydrogen-bond donors (Lipinski definition) is 0. The molecule has 3 heterocycles. The SMILES string of the molecule is c1ccc(-c2nc(-c3ccccc3)nc(-c3cccc(-n4c5cccc6ccc7cc8c(c9ccccc9n8-c8ccccc8)c4c7c65)c3)n2)cc1. The van der Waals surface area contributed by atoms with E-state index >= 15 is 0 Å². The molecule has 8 aromatic carbocycles. The Balaban J connectivity index is 1.22. The summed E-state index contributed by atoms with van der Waals surface area (Å²) in [6.07, 6.45) is 0. The maximum absolute atomic E-state index is 5.07. The predicted molar refractivity (Wildman–Crippen MR) is 214 cm³/mol. The van der Waals surface area contributed by atoms with Gasteiger partial charge in [0.1, 0.15) is 0 Å². The second kappa shape index (κ2) is 11.2. The van der Waals surface area contributed by atoms with E-state index in [-0.39, 0.29) is 0 Å². The first-order valence-corrected chi connectivity index (χ1v) is 17.5. The van der Waals surface area contributed by atoms with Crippen LogP contribution in [0.25, 0.3) is 99.9 Å². The minimum Gasteiger partial charge on any atom is -0.309 e. The van der Waals surface area contributed by atoms with E-state index in [9.17, 15) is 0 Å². The van der Waals surface area contributed by atoms with Crippen molar-refractivity contribution in [2.75, 3.05) is 0 Å². The average Bonchev–Trinajstić information content (AvgIpc) is 3.74. The van der Waals surface area contributed by atoms with E-state index in [0.717, 1.165) is 28.1 Å². The van der Waals surface area contributed by atoms with Gasteiger partial charge in [0.15, 0.2) is 17.5 Å².